The molecule has 0 saturated carbocycles. The van der Waals surface area contributed by atoms with Crippen LogP contribution < -0.4 is 4.90 Å². The van der Waals surface area contributed by atoms with Crippen LogP contribution in [0.15, 0.2) is 18.5 Å². The fraction of sp³-hybridized carbons (Fsp3) is 0.750. The number of anilines is 1. The van der Waals surface area contributed by atoms with Gasteiger partial charge in [0.05, 0.1) is 6.61 Å². The third-order valence-corrected chi connectivity index (χ3v) is 6.81. The maximum atomic E-state index is 13.4. The molecule has 0 N–H and O–H groups in total. The van der Waals surface area contributed by atoms with E-state index in [1.54, 1.807) is 12.4 Å². The van der Waals surface area contributed by atoms with E-state index < -0.39 is 7.52 Å². The van der Waals surface area contributed by atoms with Crippen LogP contribution in [0.1, 0.15) is 34.6 Å². The molecule has 2 heterocycles. The van der Waals surface area contributed by atoms with Crippen LogP contribution in [0, 0.1) is 5.41 Å². The minimum absolute atomic E-state index is 0.00422. The molecule has 1 aromatic heterocycles. The highest BCUT2D eigenvalue weighted by Crippen LogP contribution is 2.56. The number of nitrogens with zero attached hydrogens (tertiary/aromatic N) is 4. The van der Waals surface area contributed by atoms with Gasteiger partial charge in [-0.15, -0.1) is 0 Å². The molecule has 0 aromatic carbocycles. The Morgan fingerprint density at radius 2 is 1.74 bits per heavy atom. The van der Waals surface area contributed by atoms with E-state index >= 15 is 0 Å². The maximum absolute atomic E-state index is 13.4. The molecule has 1 fully saturated rings. The topological polar surface area (TPSA) is 58.6 Å². The van der Waals surface area contributed by atoms with Gasteiger partial charge in [-0.3, -0.25) is 4.57 Å². The van der Waals surface area contributed by atoms with Crippen LogP contribution in [0.3, 0.4) is 0 Å². The number of rotatable bonds is 5. The summed E-state index contributed by atoms with van der Waals surface area (Å²) in [6.45, 7) is 13.7. The molecule has 1 aromatic rings. The number of hydrogen-bond acceptors (Lipinski definition) is 5. The molecule has 2 rings (SSSR count). The van der Waals surface area contributed by atoms with Crippen LogP contribution in [-0.2, 0) is 9.09 Å². The Balaban J connectivity index is 2.02. The van der Waals surface area contributed by atoms with Gasteiger partial charge in [0.25, 0.3) is 7.52 Å². The zero-order valence-electron chi connectivity index (χ0n) is 14.9. The van der Waals surface area contributed by atoms with Gasteiger partial charge >= 0.3 is 0 Å². The molecule has 0 spiro atoms. The molecule has 0 bridgehead atoms. The predicted octanol–water partition coefficient (Wildman–Crippen LogP) is 3.26. The standard InChI is InChI=1S/C16H29N4O2P/c1-14(2)23(21,22-13-16(3,4)5)20-11-9-19(10-12-20)15-17-7-6-8-18-15/h6-8,14H,9-13H2,1-5H3. The molecule has 1 saturated heterocycles. The van der Waals surface area contributed by atoms with Crippen LogP contribution in [-0.4, -0.2) is 53.1 Å². The van der Waals surface area contributed by atoms with Gasteiger partial charge in [0.1, 0.15) is 0 Å². The third-order valence-electron chi connectivity index (χ3n) is 3.82. The monoisotopic (exact) mass is 340 g/mol. The molecular weight excluding hydrogens is 311 g/mol. The van der Waals surface area contributed by atoms with Gasteiger partial charge in [0, 0.05) is 44.2 Å². The van der Waals surface area contributed by atoms with Crippen LogP contribution in [0.4, 0.5) is 5.95 Å². The second-order valence-electron chi connectivity index (χ2n) is 7.48. The third kappa shape index (κ3) is 4.75. The molecule has 0 aliphatic carbocycles. The van der Waals surface area contributed by atoms with E-state index in [1.165, 1.54) is 0 Å². The molecule has 0 radical (unpaired) electrons. The van der Waals surface area contributed by atoms with Crippen molar-refractivity contribution < 1.29 is 9.09 Å². The maximum Gasteiger partial charge on any atom is 0.274 e. The second kappa shape index (κ2) is 7.29. The fourth-order valence-electron chi connectivity index (χ4n) is 2.47. The Kier molecular flexibility index (Phi) is 5.82. The smallest absolute Gasteiger partial charge is 0.274 e. The molecule has 130 valence electrons. The molecule has 1 atom stereocenters. The summed E-state index contributed by atoms with van der Waals surface area (Å²) in [4.78, 5) is 10.7. The lowest BCUT2D eigenvalue weighted by molar-refractivity contribution is 0.172. The Morgan fingerprint density at radius 1 is 1.17 bits per heavy atom. The van der Waals surface area contributed by atoms with E-state index in [9.17, 15) is 4.57 Å². The molecule has 1 unspecified atom stereocenters. The number of aromatic nitrogens is 2. The van der Waals surface area contributed by atoms with Crippen molar-refractivity contribution in [1.82, 2.24) is 14.6 Å². The SMILES string of the molecule is CC(C)P(=O)(OCC(C)(C)C)N1CCN(c2ncccn2)CC1. The van der Waals surface area contributed by atoms with Crippen LogP contribution >= 0.6 is 7.52 Å². The normalized spacial score (nSPS) is 19.8. The molecule has 0 amide bonds. The van der Waals surface area contributed by atoms with Crippen molar-refractivity contribution in [3.8, 4) is 0 Å². The fourth-order valence-corrected chi connectivity index (χ4v) is 4.90. The van der Waals surface area contributed by atoms with Gasteiger partial charge in [0.15, 0.2) is 0 Å². The van der Waals surface area contributed by atoms with Crippen LogP contribution in [0.2, 0.25) is 0 Å². The van der Waals surface area contributed by atoms with E-state index in [0.29, 0.717) is 19.7 Å². The van der Waals surface area contributed by atoms with Crippen LogP contribution in [0.25, 0.3) is 0 Å². The molecule has 6 nitrogen and oxygen atoms in total. The summed E-state index contributed by atoms with van der Waals surface area (Å²) in [5.74, 6) is 0.738. The zero-order valence-corrected chi connectivity index (χ0v) is 15.8. The molecule has 7 heteroatoms. The van der Waals surface area contributed by atoms with E-state index in [4.69, 9.17) is 4.52 Å². The highest BCUT2D eigenvalue weighted by atomic mass is 31.2. The van der Waals surface area contributed by atoms with Gasteiger partial charge < -0.3 is 9.42 Å². The minimum atomic E-state index is -2.82. The molecule has 1 aliphatic heterocycles. The zero-order chi connectivity index (χ0) is 17.1. The van der Waals surface area contributed by atoms with E-state index in [-0.39, 0.29) is 11.1 Å². The van der Waals surface area contributed by atoms with Gasteiger partial charge in [-0.2, -0.15) is 0 Å². The highest BCUT2D eigenvalue weighted by Gasteiger charge is 2.38. The minimum Gasteiger partial charge on any atom is -0.338 e. The average molecular weight is 340 g/mol. The lowest BCUT2D eigenvalue weighted by Gasteiger charge is -2.40. The summed E-state index contributed by atoms with van der Waals surface area (Å²) in [5, 5.41) is 0. The Hall–Kier alpha value is -0.970. The van der Waals surface area contributed by atoms with Gasteiger partial charge in [0.2, 0.25) is 5.95 Å². The van der Waals surface area contributed by atoms with Crippen LogP contribution in [0.5, 0.6) is 0 Å². The predicted molar refractivity (Wildman–Crippen MR) is 94.0 cm³/mol. The summed E-state index contributed by atoms with van der Waals surface area (Å²) >= 11 is 0. The average Bonchev–Trinajstić information content (AvgIpc) is 2.53. The lowest BCUT2D eigenvalue weighted by atomic mass is 9.99. The van der Waals surface area contributed by atoms with E-state index in [0.717, 1.165) is 19.0 Å². The molecule has 23 heavy (non-hydrogen) atoms. The Morgan fingerprint density at radius 3 is 2.22 bits per heavy atom. The molecular formula is C16H29N4O2P. The summed E-state index contributed by atoms with van der Waals surface area (Å²) in [7, 11) is -2.82. The van der Waals surface area contributed by atoms with Crippen molar-refractivity contribution in [3.63, 3.8) is 0 Å². The van der Waals surface area contributed by atoms with Crippen molar-refractivity contribution in [1.29, 1.82) is 0 Å². The first-order valence-electron chi connectivity index (χ1n) is 8.24. The van der Waals surface area contributed by atoms with Gasteiger partial charge in [-0.25, -0.2) is 14.6 Å². The summed E-state index contributed by atoms with van der Waals surface area (Å²) in [6.07, 6.45) is 3.50. The number of piperazine rings is 1. The van der Waals surface area contributed by atoms with Crippen molar-refractivity contribution in [2.75, 3.05) is 37.7 Å². The van der Waals surface area contributed by atoms with Gasteiger partial charge in [-0.1, -0.05) is 34.6 Å². The Labute approximate surface area is 139 Å². The van der Waals surface area contributed by atoms with Crippen molar-refractivity contribution in [2.24, 2.45) is 5.41 Å². The van der Waals surface area contributed by atoms with Gasteiger partial charge in [-0.05, 0) is 11.5 Å². The van der Waals surface area contributed by atoms with Crippen molar-refractivity contribution in [3.05, 3.63) is 18.5 Å². The summed E-state index contributed by atoms with van der Waals surface area (Å²) < 4.78 is 21.4. The molecule has 1 aliphatic rings. The lowest BCUT2D eigenvalue weighted by Crippen LogP contribution is -2.46. The first kappa shape index (κ1) is 18.4. The van der Waals surface area contributed by atoms with Crippen molar-refractivity contribution in [2.45, 2.75) is 40.3 Å². The first-order valence-corrected chi connectivity index (χ1v) is 9.89. The van der Waals surface area contributed by atoms with Crippen molar-refractivity contribution >= 4 is 13.5 Å². The van der Waals surface area contributed by atoms with E-state index in [2.05, 4.69) is 35.6 Å². The quantitative estimate of drug-likeness (QED) is 0.767. The number of hydrogen-bond donors (Lipinski definition) is 0. The summed E-state index contributed by atoms with van der Waals surface area (Å²) in [5.41, 5.74) is -0.00562. The first-order chi connectivity index (χ1) is 10.7. The summed E-state index contributed by atoms with van der Waals surface area (Å²) in [6, 6.07) is 1.81. The Bertz CT molecular complexity index is 537. The van der Waals surface area contributed by atoms with E-state index in [1.807, 2.05) is 24.6 Å². The highest BCUT2D eigenvalue weighted by molar-refractivity contribution is 7.57. The largest absolute Gasteiger partial charge is 0.338 e. The second-order valence-corrected chi connectivity index (χ2v) is 10.5.